The zero-order chi connectivity index (χ0) is 23.4. The molecule has 33 heavy (non-hydrogen) atoms. The minimum absolute atomic E-state index is 0.289. The highest BCUT2D eigenvalue weighted by Gasteiger charge is 2.36. The van der Waals surface area contributed by atoms with Crippen molar-refractivity contribution in [3.05, 3.63) is 92.8 Å². The number of anilines is 1. The number of imide groups is 1. The van der Waals surface area contributed by atoms with E-state index in [9.17, 15) is 9.59 Å². The molecule has 0 spiro atoms. The molecule has 1 heterocycles. The molecule has 1 aliphatic heterocycles. The minimum atomic E-state index is -0.399. The highest BCUT2D eigenvalue weighted by Crippen LogP contribution is 2.37. The Morgan fingerprint density at radius 3 is 2.52 bits per heavy atom. The summed E-state index contributed by atoms with van der Waals surface area (Å²) in [6.45, 7) is 2.61. The van der Waals surface area contributed by atoms with Crippen molar-refractivity contribution in [3.8, 4) is 11.5 Å². The molecule has 2 amide bonds. The van der Waals surface area contributed by atoms with Crippen LogP contribution in [0.2, 0.25) is 10.0 Å². The molecule has 0 unspecified atom stereocenters. The second kappa shape index (κ2) is 10.3. The number of halogens is 2. The number of rotatable bonds is 7. The Balaban J connectivity index is 1.56. The standard InChI is InChI=1S/C25H19Cl2NO4S/c1-2-31-22-12-16(10-11-21(22)32-15-17-6-3-4-9-20(17)27)13-23-24(29)28(25(30)33-23)19-8-5-7-18(26)14-19/h3-14H,2,15H2,1H3/b23-13+. The molecule has 0 N–H and O–H groups in total. The summed E-state index contributed by atoms with van der Waals surface area (Å²) in [5.41, 5.74) is 2.01. The van der Waals surface area contributed by atoms with E-state index in [1.165, 1.54) is 0 Å². The Morgan fingerprint density at radius 1 is 0.939 bits per heavy atom. The van der Waals surface area contributed by atoms with Crippen molar-refractivity contribution in [3.63, 3.8) is 0 Å². The van der Waals surface area contributed by atoms with Gasteiger partial charge in [-0.25, -0.2) is 4.90 Å². The van der Waals surface area contributed by atoms with Gasteiger partial charge in [0.1, 0.15) is 6.61 Å². The Bertz CT molecular complexity index is 1240. The third-order valence-electron chi connectivity index (χ3n) is 4.77. The molecule has 0 saturated carbocycles. The van der Waals surface area contributed by atoms with E-state index in [1.54, 1.807) is 48.5 Å². The topological polar surface area (TPSA) is 55.8 Å². The van der Waals surface area contributed by atoms with Crippen LogP contribution in [0.15, 0.2) is 71.6 Å². The van der Waals surface area contributed by atoms with E-state index in [-0.39, 0.29) is 11.8 Å². The Kier molecular flexibility index (Phi) is 7.28. The van der Waals surface area contributed by atoms with Crippen LogP contribution in [-0.4, -0.2) is 17.8 Å². The van der Waals surface area contributed by atoms with Crippen molar-refractivity contribution >= 4 is 57.9 Å². The van der Waals surface area contributed by atoms with Crippen LogP contribution in [0.25, 0.3) is 6.08 Å². The summed E-state index contributed by atoms with van der Waals surface area (Å²) in [6.07, 6.45) is 1.66. The molecule has 3 aromatic rings. The lowest BCUT2D eigenvalue weighted by Gasteiger charge is -2.13. The van der Waals surface area contributed by atoms with E-state index in [0.29, 0.717) is 44.3 Å². The number of amides is 2. The Labute approximate surface area is 205 Å². The molecular weight excluding hydrogens is 481 g/mol. The van der Waals surface area contributed by atoms with E-state index in [2.05, 4.69) is 0 Å². The average molecular weight is 500 g/mol. The monoisotopic (exact) mass is 499 g/mol. The number of hydrogen-bond acceptors (Lipinski definition) is 5. The van der Waals surface area contributed by atoms with Crippen molar-refractivity contribution in [2.24, 2.45) is 0 Å². The molecule has 1 fully saturated rings. The van der Waals surface area contributed by atoms with Crippen molar-refractivity contribution in [1.82, 2.24) is 0 Å². The molecule has 1 saturated heterocycles. The smallest absolute Gasteiger partial charge is 0.298 e. The van der Waals surface area contributed by atoms with Crippen LogP contribution < -0.4 is 14.4 Å². The van der Waals surface area contributed by atoms with Gasteiger partial charge >= 0.3 is 0 Å². The zero-order valence-electron chi connectivity index (χ0n) is 17.6. The number of benzene rings is 3. The first-order valence-corrected chi connectivity index (χ1v) is 11.7. The van der Waals surface area contributed by atoms with Gasteiger partial charge in [-0.3, -0.25) is 9.59 Å². The second-order valence-electron chi connectivity index (χ2n) is 7.02. The summed E-state index contributed by atoms with van der Waals surface area (Å²) >= 11 is 13.1. The third-order valence-corrected chi connectivity index (χ3v) is 6.24. The first-order chi connectivity index (χ1) is 16.0. The fourth-order valence-corrected chi connectivity index (χ4v) is 4.45. The van der Waals surface area contributed by atoms with Gasteiger partial charge in [-0.15, -0.1) is 0 Å². The number of hydrogen-bond donors (Lipinski definition) is 0. The number of carbonyl (C=O) groups excluding carboxylic acids is 2. The van der Waals surface area contributed by atoms with E-state index >= 15 is 0 Å². The van der Waals surface area contributed by atoms with Crippen LogP contribution >= 0.6 is 35.0 Å². The van der Waals surface area contributed by atoms with Crippen molar-refractivity contribution < 1.29 is 19.1 Å². The van der Waals surface area contributed by atoms with Crippen LogP contribution in [0.1, 0.15) is 18.1 Å². The first kappa shape index (κ1) is 23.2. The van der Waals surface area contributed by atoms with Gasteiger partial charge in [0.05, 0.1) is 17.2 Å². The molecule has 168 valence electrons. The van der Waals surface area contributed by atoms with Crippen LogP contribution in [0.4, 0.5) is 10.5 Å². The summed E-state index contributed by atoms with van der Waals surface area (Å²) in [7, 11) is 0. The lowest BCUT2D eigenvalue weighted by molar-refractivity contribution is -0.113. The fraction of sp³-hybridized carbons (Fsp3) is 0.120. The SMILES string of the molecule is CCOc1cc(/C=C2/SC(=O)N(c3cccc(Cl)c3)C2=O)ccc1OCc1ccccc1Cl. The fourth-order valence-electron chi connectivity index (χ4n) is 3.23. The van der Waals surface area contributed by atoms with E-state index in [1.807, 2.05) is 31.2 Å². The average Bonchev–Trinajstić information content (AvgIpc) is 3.07. The van der Waals surface area contributed by atoms with Gasteiger partial charge in [-0.1, -0.05) is 53.5 Å². The van der Waals surface area contributed by atoms with Crippen LogP contribution in [0, 0.1) is 0 Å². The highest BCUT2D eigenvalue weighted by atomic mass is 35.5. The van der Waals surface area contributed by atoms with Gasteiger partial charge in [0.25, 0.3) is 11.1 Å². The maximum absolute atomic E-state index is 12.9. The van der Waals surface area contributed by atoms with Crippen LogP contribution in [0.5, 0.6) is 11.5 Å². The molecule has 0 bridgehead atoms. The van der Waals surface area contributed by atoms with Gasteiger partial charge in [-0.05, 0) is 66.7 Å². The van der Waals surface area contributed by atoms with Crippen LogP contribution in [-0.2, 0) is 11.4 Å². The maximum atomic E-state index is 12.9. The molecule has 3 aromatic carbocycles. The molecule has 0 aromatic heterocycles. The zero-order valence-corrected chi connectivity index (χ0v) is 19.9. The Morgan fingerprint density at radius 2 is 1.76 bits per heavy atom. The van der Waals surface area contributed by atoms with Crippen LogP contribution in [0.3, 0.4) is 0 Å². The van der Waals surface area contributed by atoms with E-state index in [4.69, 9.17) is 32.7 Å². The number of nitrogens with zero attached hydrogens (tertiary/aromatic N) is 1. The van der Waals surface area contributed by atoms with Gasteiger partial charge in [0, 0.05) is 15.6 Å². The third kappa shape index (κ3) is 5.36. The summed E-state index contributed by atoms with van der Waals surface area (Å²) in [5, 5.41) is 0.699. The van der Waals surface area contributed by atoms with E-state index < -0.39 is 5.91 Å². The number of ether oxygens (including phenoxy) is 2. The van der Waals surface area contributed by atoms with Gasteiger partial charge in [-0.2, -0.15) is 0 Å². The van der Waals surface area contributed by atoms with Crippen molar-refractivity contribution in [1.29, 1.82) is 0 Å². The summed E-state index contributed by atoms with van der Waals surface area (Å²) in [5.74, 6) is 0.692. The lowest BCUT2D eigenvalue weighted by atomic mass is 10.1. The number of thioether (sulfide) groups is 1. The minimum Gasteiger partial charge on any atom is -0.490 e. The molecule has 0 atom stereocenters. The normalized spacial score (nSPS) is 14.8. The molecule has 4 rings (SSSR count). The summed E-state index contributed by atoms with van der Waals surface area (Å²) < 4.78 is 11.7. The number of carbonyl (C=O) groups is 2. The molecule has 1 aliphatic rings. The van der Waals surface area contributed by atoms with Gasteiger partial charge in [0.2, 0.25) is 0 Å². The summed E-state index contributed by atoms with van der Waals surface area (Å²) in [6, 6.07) is 19.4. The van der Waals surface area contributed by atoms with Crippen molar-refractivity contribution in [2.75, 3.05) is 11.5 Å². The lowest BCUT2D eigenvalue weighted by Crippen LogP contribution is -2.27. The summed E-state index contributed by atoms with van der Waals surface area (Å²) in [4.78, 5) is 26.8. The molecule has 0 radical (unpaired) electrons. The predicted molar refractivity (Wildman–Crippen MR) is 133 cm³/mol. The maximum Gasteiger partial charge on any atom is 0.298 e. The Hall–Kier alpha value is -2.93. The quantitative estimate of drug-likeness (QED) is 0.321. The largest absolute Gasteiger partial charge is 0.490 e. The molecular formula is C25H19Cl2NO4S. The predicted octanol–water partition coefficient (Wildman–Crippen LogP) is 7.21. The molecule has 5 nitrogen and oxygen atoms in total. The van der Waals surface area contributed by atoms with Gasteiger partial charge in [0.15, 0.2) is 11.5 Å². The van der Waals surface area contributed by atoms with E-state index in [0.717, 1.165) is 22.2 Å². The first-order valence-electron chi connectivity index (χ1n) is 10.1. The van der Waals surface area contributed by atoms with Gasteiger partial charge < -0.3 is 9.47 Å². The van der Waals surface area contributed by atoms with Crippen molar-refractivity contribution in [2.45, 2.75) is 13.5 Å². The highest BCUT2D eigenvalue weighted by molar-refractivity contribution is 8.19. The second-order valence-corrected chi connectivity index (χ2v) is 8.85. The molecule has 8 heteroatoms. The molecule has 0 aliphatic carbocycles.